The molecular weight excluding hydrogens is 204 g/mol. The number of hydrogen-bond acceptors (Lipinski definition) is 3. The van der Waals surface area contributed by atoms with Gasteiger partial charge >= 0.3 is 5.97 Å². The second-order valence-corrected chi connectivity index (χ2v) is 5.07. The van der Waals surface area contributed by atoms with E-state index in [1.54, 1.807) is 0 Å². The number of carboxylic acids is 1. The number of carbonyl (C=O) groups is 1. The maximum absolute atomic E-state index is 11.3. The SMILES string of the molecule is O=C(O)C1(CCN2CCCCC2)CCCN1. The number of nitrogens with zero attached hydrogens (tertiary/aromatic N) is 1. The van der Waals surface area contributed by atoms with Crippen LogP contribution >= 0.6 is 0 Å². The van der Waals surface area contributed by atoms with Crippen LogP contribution in [0.5, 0.6) is 0 Å². The van der Waals surface area contributed by atoms with Crippen molar-refractivity contribution in [3.8, 4) is 0 Å². The van der Waals surface area contributed by atoms with Crippen LogP contribution in [-0.2, 0) is 4.79 Å². The molecule has 4 nitrogen and oxygen atoms in total. The van der Waals surface area contributed by atoms with Crippen molar-refractivity contribution in [3.63, 3.8) is 0 Å². The highest BCUT2D eigenvalue weighted by Crippen LogP contribution is 2.24. The fourth-order valence-electron chi connectivity index (χ4n) is 2.84. The molecule has 2 fully saturated rings. The highest BCUT2D eigenvalue weighted by Gasteiger charge is 2.40. The van der Waals surface area contributed by atoms with Crippen LogP contribution in [0.2, 0.25) is 0 Å². The van der Waals surface area contributed by atoms with Crippen LogP contribution in [0.25, 0.3) is 0 Å². The monoisotopic (exact) mass is 226 g/mol. The van der Waals surface area contributed by atoms with Crippen LogP contribution in [0, 0.1) is 0 Å². The minimum Gasteiger partial charge on any atom is -0.480 e. The first kappa shape index (κ1) is 11.9. The Morgan fingerprint density at radius 2 is 2.00 bits per heavy atom. The Kier molecular flexibility index (Phi) is 3.82. The zero-order valence-electron chi connectivity index (χ0n) is 9.87. The van der Waals surface area contributed by atoms with Crippen molar-refractivity contribution in [1.82, 2.24) is 10.2 Å². The number of hydrogen-bond donors (Lipinski definition) is 2. The topological polar surface area (TPSA) is 52.6 Å². The molecule has 2 aliphatic rings. The van der Waals surface area contributed by atoms with E-state index in [0.717, 1.165) is 45.4 Å². The molecule has 1 unspecified atom stereocenters. The van der Waals surface area contributed by atoms with Gasteiger partial charge < -0.3 is 15.3 Å². The summed E-state index contributed by atoms with van der Waals surface area (Å²) in [7, 11) is 0. The molecular formula is C12H22N2O2. The van der Waals surface area contributed by atoms with E-state index in [1.165, 1.54) is 19.3 Å². The summed E-state index contributed by atoms with van der Waals surface area (Å²) < 4.78 is 0. The number of carboxylic acid groups (broad SMARTS) is 1. The number of piperidine rings is 1. The molecule has 92 valence electrons. The first-order valence-electron chi connectivity index (χ1n) is 6.44. The van der Waals surface area contributed by atoms with Crippen molar-refractivity contribution in [3.05, 3.63) is 0 Å². The number of nitrogens with one attached hydrogen (secondary N) is 1. The lowest BCUT2D eigenvalue weighted by atomic mass is 9.93. The van der Waals surface area contributed by atoms with Crippen LogP contribution in [0.1, 0.15) is 38.5 Å². The van der Waals surface area contributed by atoms with Crippen LogP contribution < -0.4 is 5.32 Å². The lowest BCUT2D eigenvalue weighted by molar-refractivity contribution is -0.144. The van der Waals surface area contributed by atoms with E-state index in [2.05, 4.69) is 10.2 Å². The summed E-state index contributed by atoms with van der Waals surface area (Å²) in [5, 5.41) is 12.5. The van der Waals surface area contributed by atoms with Gasteiger partial charge in [0.2, 0.25) is 0 Å². The maximum Gasteiger partial charge on any atom is 0.323 e. The van der Waals surface area contributed by atoms with Crippen LogP contribution in [0.4, 0.5) is 0 Å². The van der Waals surface area contributed by atoms with E-state index in [-0.39, 0.29) is 0 Å². The largest absolute Gasteiger partial charge is 0.480 e. The molecule has 2 saturated heterocycles. The predicted octanol–water partition coefficient (Wildman–Crippen LogP) is 1.07. The molecule has 0 aromatic carbocycles. The third-order valence-corrected chi connectivity index (χ3v) is 3.96. The van der Waals surface area contributed by atoms with E-state index < -0.39 is 11.5 Å². The second-order valence-electron chi connectivity index (χ2n) is 5.07. The fourth-order valence-corrected chi connectivity index (χ4v) is 2.84. The molecule has 0 saturated carbocycles. The third kappa shape index (κ3) is 2.55. The quantitative estimate of drug-likeness (QED) is 0.753. The fraction of sp³-hybridized carbons (Fsp3) is 0.917. The Labute approximate surface area is 97.0 Å². The van der Waals surface area contributed by atoms with Crippen molar-refractivity contribution in [2.45, 2.75) is 44.1 Å². The molecule has 0 aliphatic carbocycles. The van der Waals surface area contributed by atoms with E-state index in [0.29, 0.717) is 0 Å². The van der Waals surface area contributed by atoms with Gasteiger partial charge in [-0.25, -0.2) is 0 Å². The highest BCUT2D eigenvalue weighted by molar-refractivity contribution is 5.79. The molecule has 0 spiro atoms. The first-order chi connectivity index (χ1) is 7.73. The molecule has 0 bridgehead atoms. The molecule has 0 aromatic heterocycles. The van der Waals surface area contributed by atoms with Crippen molar-refractivity contribution < 1.29 is 9.90 Å². The predicted molar refractivity (Wildman–Crippen MR) is 62.5 cm³/mol. The van der Waals surface area contributed by atoms with E-state index in [4.69, 9.17) is 0 Å². The number of rotatable bonds is 4. The molecule has 0 aromatic rings. The van der Waals surface area contributed by atoms with Crippen LogP contribution in [0.15, 0.2) is 0 Å². The molecule has 1 atom stereocenters. The van der Waals surface area contributed by atoms with Gasteiger partial charge in [-0.05, 0) is 51.7 Å². The summed E-state index contributed by atoms with van der Waals surface area (Å²) in [6.07, 6.45) is 6.41. The Hall–Kier alpha value is -0.610. The van der Waals surface area contributed by atoms with E-state index in [1.807, 2.05) is 0 Å². The summed E-state index contributed by atoms with van der Waals surface area (Å²) in [6.45, 7) is 4.08. The molecule has 16 heavy (non-hydrogen) atoms. The van der Waals surface area contributed by atoms with E-state index in [9.17, 15) is 9.90 Å². The molecule has 2 rings (SSSR count). The molecule has 0 radical (unpaired) electrons. The standard InChI is InChI=1S/C12H22N2O2/c15-11(16)12(5-4-7-13-12)6-10-14-8-2-1-3-9-14/h13H,1-10H2,(H,15,16). The summed E-state index contributed by atoms with van der Waals surface area (Å²) in [6, 6.07) is 0. The minimum absolute atomic E-state index is 0.628. The highest BCUT2D eigenvalue weighted by atomic mass is 16.4. The van der Waals surface area contributed by atoms with Crippen LogP contribution in [-0.4, -0.2) is 47.7 Å². The summed E-state index contributed by atoms with van der Waals surface area (Å²) in [5.74, 6) is -0.665. The number of aliphatic carboxylic acids is 1. The van der Waals surface area contributed by atoms with Gasteiger partial charge in [0, 0.05) is 6.54 Å². The van der Waals surface area contributed by atoms with Gasteiger partial charge in [-0.2, -0.15) is 0 Å². The van der Waals surface area contributed by atoms with Gasteiger partial charge in [0.15, 0.2) is 0 Å². The van der Waals surface area contributed by atoms with Crippen molar-refractivity contribution in [1.29, 1.82) is 0 Å². The third-order valence-electron chi connectivity index (χ3n) is 3.96. The normalized spacial score (nSPS) is 31.8. The van der Waals surface area contributed by atoms with Gasteiger partial charge in [-0.15, -0.1) is 0 Å². The lowest BCUT2D eigenvalue weighted by Crippen LogP contribution is -2.50. The Bertz CT molecular complexity index is 243. The van der Waals surface area contributed by atoms with Gasteiger partial charge in [0.1, 0.15) is 5.54 Å². The second kappa shape index (κ2) is 5.15. The molecule has 2 aliphatic heterocycles. The minimum atomic E-state index is -0.665. The van der Waals surface area contributed by atoms with E-state index >= 15 is 0 Å². The summed E-state index contributed by atoms with van der Waals surface area (Å²) in [5.41, 5.74) is -0.628. The average Bonchev–Trinajstić information content (AvgIpc) is 2.78. The zero-order valence-corrected chi connectivity index (χ0v) is 9.87. The smallest absolute Gasteiger partial charge is 0.323 e. The van der Waals surface area contributed by atoms with Gasteiger partial charge in [0.25, 0.3) is 0 Å². The zero-order chi connectivity index (χ0) is 11.4. The van der Waals surface area contributed by atoms with Crippen molar-refractivity contribution in [2.24, 2.45) is 0 Å². The van der Waals surface area contributed by atoms with Crippen molar-refractivity contribution in [2.75, 3.05) is 26.2 Å². The Morgan fingerprint density at radius 1 is 1.25 bits per heavy atom. The summed E-state index contributed by atoms with van der Waals surface area (Å²) >= 11 is 0. The molecule has 2 N–H and O–H groups in total. The van der Waals surface area contributed by atoms with Gasteiger partial charge in [-0.1, -0.05) is 6.42 Å². The lowest BCUT2D eigenvalue weighted by Gasteiger charge is -2.31. The number of likely N-dealkylation sites (tertiary alicyclic amines) is 1. The maximum atomic E-state index is 11.3. The molecule has 0 amide bonds. The molecule has 2 heterocycles. The molecule has 4 heteroatoms. The van der Waals surface area contributed by atoms with Gasteiger partial charge in [0.05, 0.1) is 0 Å². The van der Waals surface area contributed by atoms with Crippen LogP contribution in [0.3, 0.4) is 0 Å². The first-order valence-corrected chi connectivity index (χ1v) is 6.44. The van der Waals surface area contributed by atoms with Crippen molar-refractivity contribution >= 4 is 5.97 Å². The van der Waals surface area contributed by atoms with Gasteiger partial charge in [-0.3, -0.25) is 4.79 Å². The summed E-state index contributed by atoms with van der Waals surface area (Å²) in [4.78, 5) is 13.7. The Balaban J connectivity index is 1.84. The average molecular weight is 226 g/mol. The Morgan fingerprint density at radius 3 is 2.56 bits per heavy atom.